The van der Waals surface area contributed by atoms with E-state index in [2.05, 4.69) is 15.9 Å². The highest BCUT2D eigenvalue weighted by Gasteiger charge is 2.04. The second-order valence-electron chi connectivity index (χ2n) is 2.64. The largest absolute Gasteiger partial charge is 0.324 e. The zero-order valence-corrected chi connectivity index (χ0v) is 9.44. The lowest BCUT2D eigenvalue weighted by Crippen LogP contribution is -2.10. The third-order valence-corrected chi connectivity index (χ3v) is 2.19. The van der Waals surface area contributed by atoms with Gasteiger partial charge in [-0.05, 0) is 24.1 Å². The van der Waals surface area contributed by atoms with Crippen LogP contribution in [0.1, 0.15) is 18.0 Å². The maximum absolute atomic E-state index is 11.9. The minimum Gasteiger partial charge on any atom is -0.324 e. The number of hydrogen-bond donors (Lipinski definition) is 1. The highest BCUT2D eigenvalue weighted by atomic mass is 79.9. The summed E-state index contributed by atoms with van der Waals surface area (Å²) in [7, 11) is 0. The van der Waals surface area contributed by atoms with Crippen molar-refractivity contribution in [2.45, 2.75) is 12.5 Å². The quantitative estimate of drug-likeness (QED) is 0.895. The standard InChI is InChI=1S/C9H11BrFN.ClH/c10-8-3-1-2-7(6-8)9(12)4-5-11;/h1-3,6,9H,4-5,12H2;1H/t9-;/m1./s1. The van der Waals surface area contributed by atoms with Gasteiger partial charge in [-0.15, -0.1) is 12.4 Å². The highest BCUT2D eigenvalue weighted by molar-refractivity contribution is 9.10. The van der Waals surface area contributed by atoms with Gasteiger partial charge in [0.2, 0.25) is 0 Å². The molecule has 0 fully saturated rings. The van der Waals surface area contributed by atoms with Crippen molar-refractivity contribution in [3.63, 3.8) is 0 Å². The molecule has 0 heterocycles. The Balaban J connectivity index is 0.00000144. The molecule has 1 rings (SSSR count). The van der Waals surface area contributed by atoms with Gasteiger partial charge in [0.1, 0.15) is 0 Å². The van der Waals surface area contributed by atoms with Crippen molar-refractivity contribution in [2.75, 3.05) is 6.67 Å². The molecule has 0 spiro atoms. The Morgan fingerprint density at radius 2 is 2.15 bits per heavy atom. The fourth-order valence-corrected chi connectivity index (χ4v) is 1.44. The lowest BCUT2D eigenvalue weighted by atomic mass is 10.1. The van der Waals surface area contributed by atoms with Gasteiger partial charge < -0.3 is 5.73 Å². The lowest BCUT2D eigenvalue weighted by Gasteiger charge is -2.09. The molecule has 0 aliphatic heterocycles. The van der Waals surface area contributed by atoms with Gasteiger partial charge in [0.25, 0.3) is 0 Å². The SMILES string of the molecule is Cl.N[C@H](CCF)c1cccc(Br)c1. The van der Waals surface area contributed by atoms with E-state index in [0.29, 0.717) is 6.42 Å². The number of benzene rings is 1. The molecule has 1 aromatic rings. The fourth-order valence-electron chi connectivity index (χ4n) is 1.02. The summed E-state index contributed by atoms with van der Waals surface area (Å²) in [6.07, 6.45) is 0.385. The summed E-state index contributed by atoms with van der Waals surface area (Å²) in [5.74, 6) is 0. The van der Waals surface area contributed by atoms with Crippen LogP contribution in [0.25, 0.3) is 0 Å². The molecule has 4 heteroatoms. The summed E-state index contributed by atoms with van der Waals surface area (Å²) >= 11 is 3.33. The molecular formula is C9H12BrClFN. The summed E-state index contributed by atoms with van der Waals surface area (Å²) in [5.41, 5.74) is 6.69. The van der Waals surface area contributed by atoms with Crippen LogP contribution in [-0.4, -0.2) is 6.67 Å². The van der Waals surface area contributed by atoms with Crippen LogP contribution in [0.4, 0.5) is 4.39 Å². The molecule has 0 radical (unpaired) electrons. The van der Waals surface area contributed by atoms with Crippen LogP contribution in [0.3, 0.4) is 0 Å². The average Bonchev–Trinajstić information content (AvgIpc) is 2.05. The van der Waals surface area contributed by atoms with E-state index in [4.69, 9.17) is 5.73 Å². The monoisotopic (exact) mass is 267 g/mol. The summed E-state index contributed by atoms with van der Waals surface area (Å²) in [4.78, 5) is 0. The number of nitrogens with two attached hydrogens (primary N) is 1. The van der Waals surface area contributed by atoms with Crippen LogP contribution >= 0.6 is 28.3 Å². The Labute approximate surface area is 92.1 Å². The highest BCUT2D eigenvalue weighted by Crippen LogP contribution is 2.18. The molecule has 13 heavy (non-hydrogen) atoms. The molecule has 0 unspecified atom stereocenters. The van der Waals surface area contributed by atoms with Gasteiger partial charge in [-0.25, -0.2) is 0 Å². The lowest BCUT2D eigenvalue weighted by molar-refractivity contribution is 0.442. The summed E-state index contributed by atoms with van der Waals surface area (Å²) in [6, 6.07) is 7.46. The van der Waals surface area contributed by atoms with Gasteiger partial charge >= 0.3 is 0 Å². The Morgan fingerprint density at radius 1 is 1.46 bits per heavy atom. The van der Waals surface area contributed by atoms with Crippen molar-refractivity contribution < 1.29 is 4.39 Å². The second-order valence-corrected chi connectivity index (χ2v) is 3.55. The molecule has 1 nitrogen and oxygen atoms in total. The van der Waals surface area contributed by atoms with Gasteiger partial charge in [-0.2, -0.15) is 0 Å². The zero-order chi connectivity index (χ0) is 8.97. The number of alkyl halides is 1. The third kappa shape index (κ3) is 4.07. The van der Waals surface area contributed by atoms with Gasteiger partial charge in [0, 0.05) is 10.5 Å². The molecule has 0 bridgehead atoms. The minimum absolute atomic E-state index is 0. The number of halogens is 3. The molecule has 1 aromatic carbocycles. The van der Waals surface area contributed by atoms with Crippen LogP contribution in [0.5, 0.6) is 0 Å². The van der Waals surface area contributed by atoms with Gasteiger partial charge in [-0.3, -0.25) is 4.39 Å². The van der Waals surface area contributed by atoms with Gasteiger partial charge in [-0.1, -0.05) is 28.1 Å². The van der Waals surface area contributed by atoms with Gasteiger partial charge in [0.05, 0.1) is 6.67 Å². The van der Waals surface area contributed by atoms with Crippen LogP contribution in [0.2, 0.25) is 0 Å². The molecule has 0 saturated carbocycles. The first kappa shape index (κ1) is 12.9. The summed E-state index contributed by atoms with van der Waals surface area (Å²) < 4.78 is 12.9. The molecule has 0 aromatic heterocycles. The van der Waals surface area contributed by atoms with E-state index in [1.807, 2.05) is 24.3 Å². The van der Waals surface area contributed by atoms with E-state index in [9.17, 15) is 4.39 Å². The fraction of sp³-hybridized carbons (Fsp3) is 0.333. The topological polar surface area (TPSA) is 26.0 Å². The minimum atomic E-state index is -0.367. The number of hydrogen-bond acceptors (Lipinski definition) is 1. The van der Waals surface area contributed by atoms with E-state index >= 15 is 0 Å². The first-order valence-electron chi connectivity index (χ1n) is 3.81. The molecule has 2 N–H and O–H groups in total. The summed E-state index contributed by atoms with van der Waals surface area (Å²) in [6.45, 7) is -0.367. The molecule has 0 amide bonds. The van der Waals surface area contributed by atoms with Crippen molar-refractivity contribution in [3.8, 4) is 0 Å². The normalized spacial score (nSPS) is 11.9. The maximum atomic E-state index is 11.9. The molecular weight excluding hydrogens is 256 g/mol. The van der Waals surface area contributed by atoms with Gasteiger partial charge in [0.15, 0.2) is 0 Å². The number of rotatable bonds is 3. The van der Waals surface area contributed by atoms with E-state index in [1.54, 1.807) is 0 Å². The first-order chi connectivity index (χ1) is 5.74. The molecule has 0 saturated heterocycles. The summed E-state index contributed by atoms with van der Waals surface area (Å²) in [5, 5.41) is 0. The Morgan fingerprint density at radius 3 is 2.69 bits per heavy atom. The Hall–Kier alpha value is -0.120. The smallest absolute Gasteiger partial charge is 0.0912 e. The average molecular weight is 269 g/mol. The van der Waals surface area contributed by atoms with Crippen LogP contribution in [0.15, 0.2) is 28.7 Å². The van der Waals surface area contributed by atoms with Crippen molar-refractivity contribution in [1.82, 2.24) is 0 Å². The Kier molecular flexibility index (Phi) is 6.29. The van der Waals surface area contributed by atoms with E-state index in [0.717, 1.165) is 10.0 Å². The van der Waals surface area contributed by atoms with Crippen molar-refractivity contribution in [3.05, 3.63) is 34.3 Å². The predicted molar refractivity (Wildman–Crippen MR) is 58.9 cm³/mol. The predicted octanol–water partition coefficient (Wildman–Crippen LogP) is 3.23. The molecule has 0 aliphatic carbocycles. The Bertz CT molecular complexity index is 257. The molecule has 0 aliphatic rings. The van der Waals surface area contributed by atoms with Crippen LogP contribution in [-0.2, 0) is 0 Å². The van der Waals surface area contributed by atoms with Crippen molar-refractivity contribution >= 4 is 28.3 Å². The molecule has 1 atom stereocenters. The first-order valence-corrected chi connectivity index (χ1v) is 4.60. The van der Waals surface area contributed by atoms with E-state index in [-0.39, 0.29) is 25.1 Å². The third-order valence-electron chi connectivity index (χ3n) is 1.70. The van der Waals surface area contributed by atoms with Crippen LogP contribution in [0, 0.1) is 0 Å². The van der Waals surface area contributed by atoms with Crippen LogP contribution < -0.4 is 5.73 Å². The van der Waals surface area contributed by atoms with Crippen molar-refractivity contribution in [2.24, 2.45) is 5.73 Å². The van der Waals surface area contributed by atoms with E-state index < -0.39 is 0 Å². The second kappa shape index (κ2) is 6.35. The zero-order valence-electron chi connectivity index (χ0n) is 7.04. The van der Waals surface area contributed by atoms with Crippen molar-refractivity contribution in [1.29, 1.82) is 0 Å². The van der Waals surface area contributed by atoms with E-state index in [1.165, 1.54) is 0 Å². The maximum Gasteiger partial charge on any atom is 0.0912 e. The molecule has 74 valence electrons.